The van der Waals surface area contributed by atoms with E-state index in [9.17, 15) is 24.3 Å². The number of imidazole rings is 1. The first-order valence-corrected chi connectivity index (χ1v) is 11.4. The van der Waals surface area contributed by atoms with E-state index >= 15 is 0 Å². The van der Waals surface area contributed by atoms with Crippen LogP contribution < -0.4 is 21.7 Å². The van der Waals surface area contributed by atoms with Crippen molar-refractivity contribution < 1.29 is 29.4 Å². The van der Waals surface area contributed by atoms with Gasteiger partial charge in [0.25, 0.3) is 0 Å². The summed E-state index contributed by atoms with van der Waals surface area (Å²) in [6.07, 6.45) is 1.86. The number of hydrogen-bond donors (Lipinski definition) is 8. The number of thiol groups is 1. The van der Waals surface area contributed by atoms with Crippen LogP contribution in [0.3, 0.4) is 0 Å². The van der Waals surface area contributed by atoms with Gasteiger partial charge in [-0.2, -0.15) is 12.6 Å². The van der Waals surface area contributed by atoms with E-state index in [1.54, 1.807) is 30.3 Å². The molecule has 5 unspecified atom stereocenters. The smallest absolute Gasteiger partial charge is 0.327 e. The van der Waals surface area contributed by atoms with Gasteiger partial charge in [0.2, 0.25) is 17.7 Å². The Hall–Kier alpha value is -3.42. The standard InChI is InChI=1S/C22H30N6O6S/c1-12(29)18(21(32)27-17(10-35)22(33)34)28-20(31)16(7-13-5-3-2-4-6-13)26-19(30)15(23)8-14-9-24-11-25-14/h2-6,9,11-12,15-18,29,35H,7-8,10,23H2,1H3,(H,24,25)(H,26,30)(H,27,32)(H,28,31)(H,33,34). The Morgan fingerprint density at radius 3 is 2.23 bits per heavy atom. The predicted molar refractivity (Wildman–Crippen MR) is 129 cm³/mol. The van der Waals surface area contributed by atoms with Crippen LogP contribution in [-0.4, -0.2) is 79.9 Å². The fraction of sp³-hybridized carbons (Fsp3) is 0.409. The van der Waals surface area contributed by atoms with Crippen LogP contribution >= 0.6 is 12.6 Å². The quantitative estimate of drug-likeness (QED) is 0.148. The second-order valence-corrected chi connectivity index (χ2v) is 8.31. The minimum atomic E-state index is -1.47. The molecule has 8 N–H and O–H groups in total. The number of H-pyrrole nitrogens is 1. The van der Waals surface area contributed by atoms with Gasteiger partial charge in [-0.05, 0) is 12.5 Å². The van der Waals surface area contributed by atoms with E-state index in [1.165, 1.54) is 19.4 Å². The zero-order valence-corrected chi connectivity index (χ0v) is 19.9. The summed E-state index contributed by atoms with van der Waals surface area (Å²) < 4.78 is 0. The number of nitrogens with two attached hydrogens (primary N) is 1. The van der Waals surface area contributed by atoms with Crippen molar-refractivity contribution >= 4 is 36.3 Å². The van der Waals surface area contributed by atoms with Gasteiger partial charge < -0.3 is 36.9 Å². The number of carboxylic acid groups (broad SMARTS) is 1. The number of aliphatic hydroxyl groups excluding tert-OH is 1. The van der Waals surface area contributed by atoms with E-state index < -0.39 is 54.0 Å². The van der Waals surface area contributed by atoms with E-state index in [0.717, 1.165) is 5.56 Å². The van der Waals surface area contributed by atoms with Gasteiger partial charge in [0.15, 0.2) is 0 Å². The molecule has 1 heterocycles. The minimum absolute atomic E-state index is 0.0811. The highest BCUT2D eigenvalue weighted by molar-refractivity contribution is 7.80. The number of carbonyl (C=O) groups is 4. The first-order valence-electron chi connectivity index (χ1n) is 10.8. The lowest BCUT2D eigenvalue weighted by molar-refractivity contribution is -0.142. The first-order chi connectivity index (χ1) is 16.6. The number of rotatable bonds is 13. The Balaban J connectivity index is 2.16. The molecule has 2 rings (SSSR count). The molecular weight excluding hydrogens is 476 g/mol. The number of nitrogens with zero attached hydrogens (tertiary/aromatic N) is 1. The fourth-order valence-electron chi connectivity index (χ4n) is 3.17. The Morgan fingerprint density at radius 2 is 1.69 bits per heavy atom. The molecule has 0 aliphatic rings. The van der Waals surface area contributed by atoms with Gasteiger partial charge >= 0.3 is 5.97 Å². The molecule has 1 aromatic heterocycles. The summed E-state index contributed by atoms with van der Waals surface area (Å²) >= 11 is 3.89. The SMILES string of the molecule is CC(O)C(NC(=O)C(Cc1ccccc1)NC(=O)C(N)Cc1cnc[nH]1)C(=O)NC(CS)C(=O)O. The van der Waals surface area contributed by atoms with Crippen LogP contribution in [0.25, 0.3) is 0 Å². The van der Waals surface area contributed by atoms with Gasteiger partial charge in [0.05, 0.1) is 18.5 Å². The third-order valence-corrected chi connectivity index (χ3v) is 5.47. The van der Waals surface area contributed by atoms with Crippen LogP contribution in [0.2, 0.25) is 0 Å². The number of benzene rings is 1. The number of nitrogens with one attached hydrogen (secondary N) is 4. The normalized spacial score (nSPS) is 15.2. The summed E-state index contributed by atoms with van der Waals surface area (Å²) in [7, 11) is 0. The summed E-state index contributed by atoms with van der Waals surface area (Å²) in [6, 6.07) is 3.96. The zero-order chi connectivity index (χ0) is 26.0. The molecule has 35 heavy (non-hydrogen) atoms. The first kappa shape index (κ1) is 27.8. The van der Waals surface area contributed by atoms with Crippen molar-refractivity contribution in [3.05, 3.63) is 54.1 Å². The third-order valence-electron chi connectivity index (χ3n) is 5.11. The van der Waals surface area contributed by atoms with Crippen molar-refractivity contribution in [1.82, 2.24) is 25.9 Å². The van der Waals surface area contributed by atoms with Crippen LogP contribution in [-0.2, 0) is 32.0 Å². The summed E-state index contributed by atoms with van der Waals surface area (Å²) in [5.74, 6) is -3.77. The molecule has 0 saturated carbocycles. The van der Waals surface area contributed by atoms with Crippen LogP contribution in [0.15, 0.2) is 42.9 Å². The molecule has 0 saturated heterocycles. The lowest BCUT2D eigenvalue weighted by Gasteiger charge is -2.26. The summed E-state index contributed by atoms with van der Waals surface area (Å²) in [5.41, 5.74) is 7.36. The highest BCUT2D eigenvalue weighted by Gasteiger charge is 2.32. The lowest BCUT2D eigenvalue weighted by atomic mass is 10.0. The maximum Gasteiger partial charge on any atom is 0.327 e. The Bertz CT molecular complexity index is 988. The maximum atomic E-state index is 13.1. The van der Waals surface area contributed by atoms with Crippen molar-refractivity contribution in [3.63, 3.8) is 0 Å². The summed E-state index contributed by atoms with van der Waals surface area (Å²) in [6.45, 7) is 1.27. The molecule has 3 amide bonds. The highest BCUT2D eigenvalue weighted by Crippen LogP contribution is 2.06. The van der Waals surface area contributed by atoms with Gasteiger partial charge in [-0.15, -0.1) is 0 Å². The van der Waals surface area contributed by atoms with E-state index in [1.807, 2.05) is 0 Å². The number of aliphatic carboxylic acids is 1. The van der Waals surface area contributed by atoms with Crippen molar-refractivity contribution in [3.8, 4) is 0 Å². The molecule has 0 aliphatic carbocycles. The Labute approximate surface area is 207 Å². The van der Waals surface area contributed by atoms with Gasteiger partial charge in [-0.3, -0.25) is 14.4 Å². The minimum Gasteiger partial charge on any atom is -0.480 e. The number of hydrogen-bond acceptors (Lipinski definition) is 8. The molecular formula is C22H30N6O6S. The molecule has 0 spiro atoms. The monoisotopic (exact) mass is 506 g/mol. The number of aliphatic hydroxyl groups is 1. The molecule has 0 bridgehead atoms. The van der Waals surface area contributed by atoms with Gasteiger partial charge in [0, 0.05) is 30.5 Å². The molecule has 0 aliphatic heterocycles. The van der Waals surface area contributed by atoms with E-state index in [0.29, 0.717) is 5.69 Å². The number of aromatic amines is 1. The fourth-order valence-corrected chi connectivity index (χ4v) is 3.42. The summed E-state index contributed by atoms with van der Waals surface area (Å²) in [4.78, 5) is 56.4. The number of aromatic nitrogens is 2. The van der Waals surface area contributed by atoms with Crippen molar-refractivity contribution in [2.24, 2.45) is 5.73 Å². The highest BCUT2D eigenvalue weighted by atomic mass is 32.1. The van der Waals surface area contributed by atoms with Gasteiger partial charge in [0.1, 0.15) is 18.1 Å². The number of carbonyl (C=O) groups excluding carboxylic acids is 3. The van der Waals surface area contributed by atoms with E-state index in [4.69, 9.17) is 10.8 Å². The molecule has 0 fully saturated rings. The van der Waals surface area contributed by atoms with Crippen LogP contribution in [0.1, 0.15) is 18.2 Å². The Kier molecular flexibility index (Phi) is 10.7. The second-order valence-electron chi connectivity index (χ2n) is 7.95. The van der Waals surface area contributed by atoms with E-state index in [-0.39, 0.29) is 18.6 Å². The maximum absolute atomic E-state index is 13.1. The average Bonchev–Trinajstić information content (AvgIpc) is 3.33. The lowest BCUT2D eigenvalue weighted by Crippen LogP contribution is -2.60. The predicted octanol–water partition coefficient (Wildman–Crippen LogP) is -1.63. The molecule has 2 aromatic rings. The average molecular weight is 507 g/mol. The molecule has 190 valence electrons. The topological polar surface area (TPSA) is 200 Å². The van der Waals surface area contributed by atoms with E-state index in [2.05, 4.69) is 38.5 Å². The molecule has 0 radical (unpaired) electrons. The molecule has 12 nitrogen and oxygen atoms in total. The largest absolute Gasteiger partial charge is 0.480 e. The van der Waals surface area contributed by atoms with Crippen LogP contribution in [0, 0.1) is 0 Å². The molecule has 5 atom stereocenters. The molecule has 1 aromatic carbocycles. The zero-order valence-electron chi connectivity index (χ0n) is 19.0. The van der Waals surface area contributed by atoms with Crippen LogP contribution in [0.4, 0.5) is 0 Å². The number of carboxylic acids is 1. The van der Waals surface area contributed by atoms with Gasteiger partial charge in [-0.25, -0.2) is 9.78 Å². The molecule has 13 heteroatoms. The van der Waals surface area contributed by atoms with Gasteiger partial charge in [-0.1, -0.05) is 30.3 Å². The number of amides is 3. The third kappa shape index (κ3) is 8.70. The van der Waals surface area contributed by atoms with Crippen molar-refractivity contribution in [2.45, 2.75) is 50.0 Å². The van der Waals surface area contributed by atoms with Crippen molar-refractivity contribution in [1.29, 1.82) is 0 Å². The van der Waals surface area contributed by atoms with Crippen LogP contribution in [0.5, 0.6) is 0 Å². The second kappa shape index (κ2) is 13.5. The Morgan fingerprint density at radius 1 is 1.03 bits per heavy atom. The van der Waals surface area contributed by atoms with Crippen molar-refractivity contribution in [2.75, 3.05) is 5.75 Å². The summed E-state index contributed by atoms with van der Waals surface area (Å²) in [5, 5.41) is 26.4.